The Morgan fingerprint density at radius 1 is 1.50 bits per heavy atom. The molecule has 0 amide bonds. The van der Waals surface area contributed by atoms with Crippen LogP contribution in [0.4, 0.5) is 0 Å². The molecule has 0 radical (unpaired) electrons. The van der Waals surface area contributed by atoms with Crippen LogP contribution >= 0.6 is 0 Å². The third-order valence-corrected chi connectivity index (χ3v) is 2.10. The lowest BCUT2D eigenvalue weighted by atomic mass is 10.1. The van der Waals surface area contributed by atoms with E-state index in [1.54, 1.807) is 0 Å². The van der Waals surface area contributed by atoms with Gasteiger partial charge in [0.1, 0.15) is 0 Å². The first-order valence-electron chi connectivity index (χ1n) is 4.84. The average Bonchev–Trinajstić information content (AvgIpc) is 2.80. The van der Waals surface area contributed by atoms with Crippen molar-refractivity contribution < 1.29 is 9.53 Å². The molecule has 2 nitrogen and oxygen atoms in total. The molecule has 0 unspecified atom stereocenters. The summed E-state index contributed by atoms with van der Waals surface area (Å²) in [6.45, 7) is 4.90. The number of hydrogen-bond donors (Lipinski definition) is 0. The highest BCUT2D eigenvalue weighted by Gasteiger charge is 2.22. The molecule has 0 aromatic rings. The second kappa shape index (κ2) is 4.48. The van der Waals surface area contributed by atoms with Crippen LogP contribution in [0.15, 0.2) is 0 Å². The van der Waals surface area contributed by atoms with Crippen LogP contribution in [-0.2, 0) is 9.53 Å². The third-order valence-electron chi connectivity index (χ3n) is 2.10. The van der Waals surface area contributed by atoms with E-state index >= 15 is 0 Å². The van der Waals surface area contributed by atoms with E-state index in [1.807, 2.05) is 0 Å². The molecule has 0 atom stereocenters. The number of esters is 1. The van der Waals surface area contributed by atoms with Gasteiger partial charge in [-0.25, -0.2) is 0 Å². The summed E-state index contributed by atoms with van der Waals surface area (Å²) in [5.41, 5.74) is 0. The maximum Gasteiger partial charge on any atom is 0.305 e. The molecule has 0 spiro atoms. The van der Waals surface area contributed by atoms with Gasteiger partial charge in [0.05, 0.1) is 6.61 Å². The van der Waals surface area contributed by atoms with E-state index in [0.717, 1.165) is 6.42 Å². The first kappa shape index (κ1) is 9.56. The third kappa shape index (κ3) is 4.37. The zero-order valence-electron chi connectivity index (χ0n) is 8.01. The van der Waals surface area contributed by atoms with Crippen LogP contribution in [0.3, 0.4) is 0 Å². The number of carbonyl (C=O) groups excluding carboxylic acids is 1. The Kier molecular flexibility index (Phi) is 3.57. The van der Waals surface area contributed by atoms with Gasteiger partial charge in [0.15, 0.2) is 0 Å². The molecule has 0 N–H and O–H groups in total. The SMILES string of the molecule is CC(C)CCC(=O)OCC1CC1. The average molecular weight is 170 g/mol. The molecule has 0 bridgehead atoms. The lowest BCUT2D eigenvalue weighted by molar-refractivity contribution is -0.144. The highest BCUT2D eigenvalue weighted by molar-refractivity contribution is 5.69. The van der Waals surface area contributed by atoms with Crippen molar-refractivity contribution in [3.8, 4) is 0 Å². The fraction of sp³-hybridized carbons (Fsp3) is 0.900. The van der Waals surface area contributed by atoms with Crippen LogP contribution in [-0.4, -0.2) is 12.6 Å². The maximum atomic E-state index is 11.1. The van der Waals surface area contributed by atoms with E-state index in [2.05, 4.69) is 13.8 Å². The van der Waals surface area contributed by atoms with Gasteiger partial charge in [0.2, 0.25) is 0 Å². The molecule has 1 saturated carbocycles. The van der Waals surface area contributed by atoms with Crippen LogP contribution in [0.1, 0.15) is 39.5 Å². The van der Waals surface area contributed by atoms with Gasteiger partial charge in [0.25, 0.3) is 0 Å². The Morgan fingerprint density at radius 2 is 2.17 bits per heavy atom. The van der Waals surface area contributed by atoms with Gasteiger partial charge in [-0.15, -0.1) is 0 Å². The second-order valence-corrected chi connectivity index (χ2v) is 4.06. The molecule has 0 saturated heterocycles. The van der Waals surface area contributed by atoms with Crippen LogP contribution in [0.2, 0.25) is 0 Å². The molecule has 12 heavy (non-hydrogen) atoms. The summed E-state index contributed by atoms with van der Waals surface area (Å²) in [5, 5.41) is 0. The first-order chi connectivity index (χ1) is 5.68. The molecular weight excluding hydrogens is 152 g/mol. The molecule has 1 aliphatic carbocycles. The molecule has 0 aromatic heterocycles. The van der Waals surface area contributed by atoms with Crippen molar-refractivity contribution in [2.75, 3.05) is 6.61 Å². The van der Waals surface area contributed by atoms with Gasteiger partial charge in [0, 0.05) is 6.42 Å². The lowest BCUT2D eigenvalue weighted by Crippen LogP contribution is -2.07. The summed E-state index contributed by atoms with van der Waals surface area (Å²) in [6, 6.07) is 0. The molecule has 0 aromatic carbocycles. The summed E-state index contributed by atoms with van der Waals surface area (Å²) >= 11 is 0. The highest BCUT2D eigenvalue weighted by atomic mass is 16.5. The minimum atomic E-state index is -0.0180. The highest BCUT2D eigenvalue weighted by Crippen LogP contribution is 2.28. The fourth-order valence-corrected chi connectivity index (χ4v) is 0.974. The van der Waals surface area contributed by atoms with E-state index in [0.29, 0.717) is 24.9 Å². The second-order valence-electron chi connectivity index (χ2n) is 4.06. The largest absolute Gasteiger partial charge is 0.465 e. The van der Waals surface area contributed by atoms with E-state index in [4.69, 9.17) is 4.74 Å². The van der Waals surface area contributed by atoms with Crippen LogP contribution in [0, 0.1) is 11.8 Å². The van der Waals surface area contributed by atoms with Crippen LogP contribution < -0.4 is 0 Å². The van der Waals surface area contributed by atoms with Crippen molar-refractivity contribution in [1.29, 1.82) is 0 Å². The smallest absolute Gasteiger partial charge is 0.305 e. The van der Waals surface area contributed by atoms with E-state index < -0.39 is 0 Å². The molecule has 70 valence electrons. The van der Waals surface area contributed by atoms with E-state index in [-0.39, 0.29) is 5.97 Å². The number of carbonyl (C=O) groups is 1. The minimum Gasteiger partial charge on any atom is -0.465 e. The molecule has 1 rings (SSSR count). The van der Waals surface area contributed by atoms with Gasteiger partial charge >= 0.3 is 5.97 Å². The Hall–Kier alpha value is -0.530. The Bertz CT molecular complexity index is 140. The van der Waals surface area contributed by atoms with Crippen molar-refractivity contribution in [3.63, 3.8) is 0 Å². The zero-order valence-corrected chi connectivity index (χ0v) is 8.01. The minimum absolute atomic E-state index is 0.0180. The number of hydrogen-bond acceptors (Lipinski definition) is 2. The Balaban J connectivity index is 1.95. The molecule has 2 heteroatoms. The monoisotopic (exact) mass is 170 g/mol. The quantitative estimate of drug-likeness (QED) is 0.592. The normalized spacial score (nSPS) is 16.6. The lowest BCUT2D eigenvalue weighted by Gasteiger charge is -2.04. The van der Waals surface area contributed by atoms with Gasteiger partial charge < -0.3 is 4.74 Å². The molecule has 1 fully saturated rings. The molecule has 0 aliphatic heterocycles. The Morgan fingerprint density at radius 3 is 2.67 bits per heavy atom. The number of rotatable bonds is 5. The van der Waals surface area contributed by atoms with Crippen molar-refractivity contribution in [2.24, 2.45) is 11.8 Å². The Labute approximate surface area is 74.3 Å². The predicted octanol–water partition coefficient (Wildman–Crippen LogP) is 2.38. The van der Waals surface area contributed by atoms with Crippen molar-refractivity contribution in [1.82, 2.24) is 0 Å². The predicted molar refractivity (Wildman–Crippen MR) is 47.8 cm³/mol. The van der Waals surface area contributed by atoms with Gasteiger partial charge in [-0.05, 0) is 31.1 Å². The standard InChI is InChI=1S/C10H18O2/c1-8(2)3-6-10(11)12-7-9-4-5-9/h8-9H,3-7H2,1-2H3. The van der Waals surface area contributed by atoms with E-state index in [1.165, 1.54) is 12.8 Å². The molecular formula is C10H18O2. The van der Waals surface area contributed by atoms with Crippen molar-refractivity contribution in [3.05, 3.63) is 0 Å². The number of ether oxygens (including phenoxy) is 1. The van der Waals surface area contributed by atoms with Crippen molar-refractivity contribution >= 4 is 5.97 Å². The summed E-state index contributed by atoms with van der Waals surface area (Å²) in [7, 11) is 0. The molecule has 0 heterocycles. The summed E-state index contributed by atoms with van der Waals surface area (Å²) in [4.78, 5) is 11.1. The zero-order chi connectivity index (χ0) is 8.97. The first-order valence-corrected chi connectivity index (χ1v) is 4.84. The topological polar surface area (TPSA) is 26.3 Å². The van der Waals surface area contributed by atoms with Crippen molar-refractivity contribution in [2.45, 2.75) is 39.5 Å². The molecule has 1 aliphatic rings. The van der Waals surface area contributed by atoms with Crippen LogP contribution in [0.5, 0.6) is 0 Å². The maximum absolute atomic E-state index is 11.1. The summed E-state index contributed by atoms with van der Waals surface area (Å²) < 4.78 is 5.08. The van der Waals surface area contributed by atoms with Gasteiger partial charge in [-0.2, -0.15) is 0 Å². The van der Waals surface area contributed by atoms with Crippen LogP contribution in [0.25, 0.3) is 0 Å². The van der Waals surface area contributed by atoms with E-state index in [9.17, 15) is 4.79 Å². The summed E-state index contributed by atoms with van der Waals surface area (Å²) in [6.07, 6.45) is 4.03. The summed E-state index contributed by atoms with van der Waals surface area (Å²) in [5.74, 6) is 1.27. The fourth-order valence-electron chi connectivity index (χ4n) is 0.974. The van der Waals surface area contributed by atoms with Gasteiger partial charge in [-0.1, -0.05) is 13.8 Å². The van der Waals surface area contributed by atoms with Gasteiger partial charge in [-0.3, -0.25) is 4.79 Å².